The summed E-state index contributed by atoms with van der Waals surface area (Å²) in [7, 11) is 0. The predicted molar refractivity (Wildman–Crippen MR) is 58.4 cm³/mol. The lowest BCUT2D eigenvalue weighted by Gasteiger charge is -2.06. The van der Waals surface area contributed by atoms with Gasteiger partial charge in [0.2, 0.25) is 0 Å². The quantitative estimate of drug-likeness (QED) is 0.584. The van der Waals surface area contributed by atoms with Crippen molar-refractivity contribution in [3.8, 4) is 0 Å². The number of benzene rings is 1. The van der Waals surface area contributed by atoms with E-state index >= 15 is 0 Å². The van der Waals surface area contributed by atoms with E-state index in [-0.39, 0.29) is 5.78 Å². The van der Waals surface area contributed by atoms with E-state index in [4.69, 9.17) is 0 Å². The molecule has 13 heavy (non-hydrogen) atoms. The summed E-state index contributed by atoms with van der Waals surface area (Å²) in [6.07, 6.45) is 0.576. The third kappa shape index (κ3) is 2.19. The van der Waals surface area contributed by atoms with Crippen molar-refractivity contribution in [2.45, 2.75) is 25.6 Å². The number of alkyl halides is 1. The minimum absolute atomic E-state index is 0.223. The fourth-order valence-electron chi connectivity index (χ4n) is 1.32. The molecule has 0 aliphatic carbocycles. The third-order valence-electron chi connectivity index (χ3n) is 2.21. The zero-order chi connectivity index (χ0) is 9.84. The Hall–Kier alpha value is -0.630. The highest BCUT2D eigenvalue weighted by Gasteiger charge is 2.08. The monoisotopic (exact) mass is 240 g/mol. The van der Waals surface area contributed by atoms with Crippen molar-refractivity contribution in [3.05, 3.63) is 34.9 Å². The normalized spacial score (nSPS) is 10.1. The van der Waals surface area contributed by atoms with Crippen LogP contribution in [0.3, 0.4) is 0 Å². The van der Waals surface area contributed by atoms with Crippen molar-refractivity contribution < 1.29 is 4.79 Å². The smallest absolute Gasteiger partial charge is 0.162 e. The van der Waals surface area contributed by atoms with Crippen LogP contribution < -0.4 is 0 Å². The fraction of sp³-hybridized carbons (Fsp3) is 0.364. The molecule has 1 aromatic carbocycles. The second kappa shape index (κ2) is 4.56. The number of carbonyl (C=O) groups is 1. The van der Waals surface area contributed by atoms with Crippen LogP contribution in [0, 0.1) is 6.92 Å². The first-order chi connectivity index (χ1) is 6.20. The number of halogens is 1. The molecular formula is C11H13BrO. The van der Waals surface area contributed by atoms with Crippen LogP contribution in [-0.4, -0.2) is 5.78 Å². The summed E-state index contributed by atoms with van der Waals surface area (Å²) in [6, 6.07) is 5.87. The second-order valence-corrected chi connectivity index (χ2v) is 3.56. The summed E-state index contributed by atoms with van der Waals surface area (Å²) >= 11 is 3.40. The van der Waals surface area contributed by atoms with Gasteiger partial charge in [0.05, 0.1) is 0 Å². The van der Waals surface area contributed by atoms with Crippen LogP contribution in [-0.2, 0) is 5.33 Å². The van der Waals surface area contributed by atoms with Gasteiger partial charge in [-0.3, -0.25) is 4.79 Å². The first-order valence-corrected chi connectivity index (χ1v) is 5.50. The van der Waals surface area contributed by atoms with E-state index in [0.29, 0.717) is 6.42 Å². The molecule has 0 aromatic heterocycles. The average molecular weight is 241 g/mol. The first kappa shape index (κ1) is 10.5. The SMILES string of the molecule is CCC(=O)c1cccc(CBr)c1C. The van der Waals surface area contributed by atoms with Crippen molar-refractivity contribution in [1.29, 1.82) is 0 Å². The molecule has 0 unspecified atom stereocenters. The Balaban J connectivity index is 3.15. The number of carbonyl (C=O) groups excluding carboxylic acids is 1. The van der Waals surface area contributed by atoms with Crippen LogP contribution in [0.4, 0.5) is 0 Å². The van der Waals surface area contributed by atoms with E-state index in [2.05, 4.69) is 15.9 Å². The molecule has 1 nitrogen and oxygen atoms in total. The van der Waals surface area contributed by atoms with Crippen LogP contribution in [0.2, 0.25) is 0 Å². The number of ketones is 1. The van der Waals surface area contributed by atoms with Crippen molar-refractivity contribution in [2.24, 2.45) is 0 Å². The van der Waals surface area contributed by atoms with Gasteiger partial charge in [-0.2, -0.15) is 0 Å². The molecule has 0 heterocycles. The summed E-state index contributed by atoms with van der Waals surface area (Å²) in [5, 5.41) is 0.809. The molecule has 2 heteroatoms. The number of hydrogen-bond donors (Lipinski definition) is 0. The molecule has 0 atom stereocenters. The molecular weight excluding hydrogens is 228 g/mol. The van der Waals surface area contributed by atoms with Crippen molar-refractivity contribution in [1.82, 2.24) is 0 Å². The first-order valence-electron chi connectivity index (χ1n) is 4.38. The van der Waals surface area contributed by atoms with Gasteiger partial charge in [-0.25, -0.2) is 0 Å². The molecule has 0 N–H and O–H groups in total. The largest absolute Gasteiger partial charge is 0.294 e. The second-order valence-electron chi connectivity index (χ2n) is 3.00. The van der Waals surface area contributed by atoms with Crippen LogP contribution in [0.5, 0.6) is 0 Å². The van der Waals surface area contributed by atoms with E-state index in [1.165, 1.54) is 5.56 Å². The highest BCUT2D eigenvalue weighted by Crippen LogP contribution is 2.17. The van der Waals surface area contributed by atoms with E-state index in [9.17, 15) is 4.79 Å². The minimum Gasteiger partial charge on any atom is -0.294 e. The molecule has 0 aliphatic heterocycles. The molecule has 70 valence electrons. The fourth-order valence-corrected chi connectivity index (χ4v) is 1.93. The van der Waals surface area contributed by atoms with Crippen molar-refractivity contribution in [3.63, 3.8) is 0 Å². The zero-order valence-electron chi connectivity index (χ0n) is 7.93. The lowest BCUT2D eigenvalue weighted by Crippen LogP contribution is -2.01. The standard InChI is InChI=1S/C11H13BrO/c1-3-11(13)10-6-4-5-9(7-12)8(10)2/h4-6H,3,7H2,1-2H3. The summed E-state index contributed by atoms with van der Waals surface area (Å²) in [5.41, 5.74) is 3.16. The lowest BCUT2D eigenvalue weighted by molar-refractivity contribution is 0.0987. The summed E-state index contributed by atoms with van der Waals surface area (Å²) < 4.78 is 0. The zero-order valence-corrected chi connectivity index (χ0v) is 9.52. The molecule has 0 aliphatic rings. The van der Waals surface area contributed by atoms with Crippen LogP contribution in [0.25, 0.3) is 0 Å². The number of hydrogen-bond acceptors (Lipinski definition) is 1. The molecule has 0 saturated heterocycles. The van der Waals surface area contributed by atoms with Crippen molar-refractivity contribution in [2.75, 3.05) is 0 Å². The van der Waals surface area contributed by atoms with Gasteiger partial charge >= 0.3 is 0 Å². The maximum Gasteiger partial charge on any atom is 0.162 e. The lowest BCUT2D eigenvalue weighted by atomic mass is 9.99. The van der Waals surface area contributed by atoms with Gasteiger partial charge in [-0.15, -0.1) is 0 Å². The van der Waals surface area contributed by atoms with Crippen LogP contribution in [0.15, 0.2) is 18.2 Å². The topological polar surface area (TPSA) is 17.1 Å². The maximum atomic E-state index is 11.5. The maximum absolute atomic E-state index is 11.5. The molecule has 0 saturated carbocycles. The Labute approximate surface area is 87.3 Å². The van der Waals surface area contributed by atoms with Crippen molar-refractivity contribution >= 4 is 21.7 Å². The third-order valence-corrected chi connectivity index (χ3v) is 2.82. The molecule has 0 fully saturated rings. The Morgan fingerprint density at radius 3 is 2.69 bits per heavy atom. The highest BCUT2D eigenvalue weighted by molar-refractivity contribution is 9.08. The Morgan fingerprint density at radius 1 is 1.46 bits per heavy atom. The molecule has 0 bridgehead atoms. The van der Waals surface area contributed by atoms with E-state index in [1.54, 1.807) is 0 Å². The highest BCUT2D eigenvalue weighted by atomic mass is 79.9. The molecule has 1 aromatic rings. The van der Waals surface area contributed by atoms with Gasteiger partial charge in [-0.1, -0.05) is 41.1 Å². The van der Waals surface area contributed by atoms with Gasteiger partial charge in [0, 0.05) is 17.3 Å². The van der Waals surface area contributed by atoms with Gasteiger partial charge in [-0.05, 0) is 18.1 Å². The Kier molecular flexibility index (Phi) is 3.67. The van der Waals surface area contributed by atoms with Gasteiger partial charge in [0.1, 0.15) is 0 Å². The average Bonchev–Trinajstić information content (AvgIpc) is 2.17. The summed E-state index contributed by atoms with van der Waals surface area (Å²) in [5.74, 6) is 0.223. The number of rotatable bonds is 3. The van der Waals surface area contributed by atoms with E-state index < -0.39 is 0 Å². The van der Waals surface area contributed by atoms with Gasteiger partial charge in [0.25, 0.3) is 0 Å². The van der Waals surface area contributed by atoms with Gasteiger partial charge < -0.3 is 0 Å². The predicted octanol–water partition coefficient (Wildman–Crippen LogP) is 3.48. The Bertz CT molecular complexity index is 318. The van der Waals surface area contributed by atoms with Gasteiger partial charge in [0.15, 0.2) is 5.78 Å². The minimum atomic E-state index is 0.223. The molecule has 0 amide bonds. The summed E-state index contributed by atoms with van der Waals surface area (Å²) in [6.45, 7) is 3.89. The number of Topliss-reactive ketones (excluding diaryl/α,β-unsaturated/α-hetero) is 1. The van der Waals surface area contributed by atoms with E-state index in [0.717, 1.165) is 16.5 Å². The molecule has 1 rings (SSSR count). The Morgan fingerprint density at radius 2 is 2.15 bits per heavy atom. The molecule has 0 spiro atoms. The van der Waals surface area contributed by atoms with Crippen LogP contribution in [0.1, 0.15) is 34.8 Å². The van der Waals surface area contributed by atoms with E-state index in [1.807, 2.05) is 32.0 Å². The van der Waals surface area contributed by atoms with Crippen LogP contribution >= 0.6 is 15.9 Å². The summed E-state index contributed by atoms with van der Waals surface area (Å²) in [4.78, 5) is 11.5. The molecule has 0 radical (unpaired) electrons.